The SMILES string of the molecule is C[C@@H](Cl)C(=O)N1CCCC[C@H]1c1nc(-c2ccccc2)no1. The second-order valence-electron chi connectivity index (χ2n) is 5.48. The van der Waals surface area contributed by atoms with Crippen LogP contribution in [0.1, 0.15) is 38.1 Å². The van der Waals surface area contributed by atoms with Gasteiger partial charge in [-0.1, -0.05) is 35.5 Å². The molecule has 0 radical (unpaired) electrons. The number of nitrogens with zero attached hydrogens (tertiary/aromatic N) is 3. The van der Waals surface area contributed by atoms with Gasteiger partial charge in [-0.3, -0.25) is 4.79 Å². The van der Waals surface area contributed by atoms with Crippen LogP contribution < -0.4 is 0 Å². The number of hydrogen-bond acceptors (Lipinski definition) is 4. The number of carbonyl (C=O) groups excluding carboxylic acids is 1. The van der Waals surface area contributed by atoms with E-state index in [2.05, 4.69) is 10.1 Å². The van der Waals surface area contributed by atoms with E-state index in [4.69, 9.17) is 16.1 Å². The number of aromatic nitrogens is 2. The van der Waals surface area contributed by atoms with Crippen LogP contribution in [0.3, 0.4) is 0 Å². The maximum Gasteiger partial charge on any atom is 0.249 e. The van der Waals surface area contributed by atoms with Crippen molar-refractivity contribution < 1.29 is 9.32 Å². The summed E-state index contributed by atoms with van der Waals surface area (Å²) in [5.74, 6) is 0.961. The smallest absolute Gasteiger partial charge is 0.249 e. The van der Waals surface area contributed by atoms with E-state index in [1.807, 2.05) is 30.3 Å². The largest absolute Gasteiger partial charge is 0.337 e. The summed E-state index contributed by atoms with van der Waals surface area (Å²) in [7, 11) is 0. The lowest BCUT2D eigenvalue weighted by atomic mass is 10.0. The molecule has 5 nitrogen and oxygen atoms in total. The van der Waals surface area contributed by atoms with Crippen LogP contribution in [0.15, 0.2) is 34.9 Å². The highest BCUT2D eigenvalue weighted by molar-refractivity contribution is 6.30. The monoisotopic (exact) mass is 319 g/mol. The fourth-order valence-electron chi connectivity index (χ4n) is 2.76. The first kappa shape index (κ1) is 15.0. The van der Waals surface area contributed by atoms with Gasteiger partial charge in [-0.15, -0.1) is 11.6 Å². The number of likely N-dealkylation sites (tertiary alicyclic amines) is 1. The number of hydrogen-bond donors (Lipinski definition) is 0. The molecule has 0 spiro atoms. The van der Waals surface area contributed by atoms with Crippen LogP contribution in [0, 0.1) is 0 Å². The number of piperidine rings is 1. The lowest BCUT2D eigenvalue weighted by molar-refractivity contribution is -0.135. The summed E-state index contributed by atoms with van der Waals surface area (Å²) in [6, 6.07) is 9.48. The van der Waals surface area contributed by atoms with Crippen molar-refractivity contribution in [3.63, 3.8) is 0 Å². The average molecular weight is 320 g/mol. The Bertz CT molecular complexity index is 642. The Balaban J connectivity index is 1.86. The van der Waals surface area contributed by atoms with Gasteiger partial charge in [0, 0.05) is 12.1 Å². The zero-order valence-electron chi connectivity index (χ0n) is 12.4. The second kappa shape index (κ2) is 6.48. The molecule has 1 amide bonds. The van der Waals surface area contributed by atoms with Gasteiger partial charge in [0.1, 0.15) is 11.4 Å². The number of alkyl halides is 1. The first-order valence-corrected chi connectivity index (χ1v) is 7.94. The zero-order chi connectivity index (χ0) is 15.5. The highest BCUT2D eigenvalue weighted by Crippen LogP contribution is 2.32. The van der Waals surface area contributed by atoms with Gasteiger partial charge in [0.05, 0.1) is 0 Å². The van der Waals surface area contributed by atoms with E-state index >= 15 is 0 Å². The summed E-state index contributed by atoms with van der Waals surface area (Å²) >= 11 is 5.96. The standard InChI is InChI=1S/C16H18ClN3O2/c1-11(17)16(21)20-10-6-5-9-13(20)15-18-14(19-22-15)12-7-3-2-4-8-12/h2-4,7-8,11,13H,5-6,9-10H2,1H3/t11-,13+/m1/s1. The Morgan fingerprint density at radius 2 is 2.14 bits per heavy atom. The van der Waals surface area contributed by atoms with E-state index in [0.29, 0.717) is 18.3 Å². The van der Waals surface area contributed by atoms with Gasteiger partial charge in [-0.2, -0.15) is 4.98 Å². The fraction of sp³-hybridized carbons (Fsp3) is 0.438. The lowest BCUT2D eigenvalue weighted by Crippen LogP contribution is -2.41. The Kier molecular flexibility index (Phi) is 4.43. The van der Waals surface area contributed by atoms with Crippen LogP contribution >= 0.6 is 11.6 Å². The molecule has 1 fully saturated rings. The average Bonchev–Trinajstić information content (AvgIpc) is 3.05. The molecule has 116 valence electrons. The van der Waals surface area contributed by atoms with Crippen LogP contribution in [0.4, 0.5) is 0 Å². The van der Waals surface area contributed by atoms with Gasteiger partial charge in [-0.05, 0) is 26.2 Å². The van der Waals surface area contributed by atoms with Crippen LogP contribution in [-0.2, 0) is 4.79 Å². The van der Waals surface area contributed by atoms with Crippen molar-refractivity contribution in [2.45, 2.75) is 37.6 Å². The first-order valence-electron chi connectivity index (χ1n) is 7.50. The minimum atomic E-state index is -0.544. The Morgan fingerprint density at radius 3 is 2.86 bits per heavy atom. The van der Waals surface area contributed by atoms with Crippen molar-refractivity contribution in [1.82, 2.24) is 15.0 Å². The highest BCUT2D eigenvalue weighted by atomic mass is 35.5. The highest BCUT2D eigenvalue weighted by Gasteiger charge is 2.33. The third-order valence-corrected chi connectivity index (χ3v) is 4.07. The molecule has 1 aromatic heterocycles. The molecule has 0 N–H and O–H groups in total. The van der Waals surface area contributed by atoms with Crippen molar-refractivity contribution in [1.29, 1.82) is 0 Å². The molecular weight excluding hydrogens is 302 g/mol. The summed E-state index contributed by atoms with van der Waals surface area (Å²) in [5.41, 5.74) is 0.900. The molecule has 0 saturated carbocycles. The normalized spacial score (nSPS) is 19.9. The van der Waals surface area contributed by atoms with Crippen molar-refractivity contribution in [3.05, 3.63) is 36.2 Å². The minimum absolute atomic E-state index is 0.0779. The van der Waals surface area contributed by atoms with E-state index < -0.39 is 5.38 Å². The van der Waals surface area contributed by atoms with Crippen LogP contribution in [0.2, 0.25) is 0 Å². The quantitative estimate of drug-likeness (QED) is 0.813. The molecule has 0 aliphatic carbocycles. The Hall–Kier alpha value is -1.88. The molecule has 1 saturated heterocycles. The molecular formula is C16H18ClN3O2. The lowest BCUT2D eigenvalue weighted by Gasteiger charge is -2.34. The van der Waals surface area contributed by atoms with Gasteiger partial charge in [0.2, 0.25) is 17.6 Å². The number of rotatable bonds is 3. The summed E-state index contributed by atoms with van der Waals surface area (Å²) in [6.45, 7) is 2.38. The number of carbonyl (C=O) groups is 1. The molecule has 22 heavy (non-hydrogen) atoms. The Morgan fingerprint density at radius 1 is 1.36 bits per heavy atom. The third-order valence-electron chi connectivity index (χ3n) is 3.88. The van der Waals surface area contributed by atoms with E-state index in [-0.39, 0.29) is 11.9 Å². The molecule has 0 unspecified atom stereocenters. The summed E-state index contributed by atoms with van der Waals surface area (Å²) in [5, 5.41) is 3.50. The molecule has 6 heteroatoms. The van der Waals surface area contributed by atoms with Gasteiger partial charge in [0.15, 0.2) is 0 Å². The molecule has 3 rings (SSSR count). The van der Waals surface area contributed by atoms with Crippen LogP contribution in [-0.4, -0.2) is 32.9 Å². The van der Waals surface area contributed by atoms with Crippen molar-refractivity contribution in [2.24, 2.45) is 0 Å². The van der Waals surface area contributed by atoms with Crippen molar-refractivity contribution in [2.75, 3.05) is 6.54 Å². The van der Waals surface area contributed by atoms with Gasteiger partial charge < -0.3 is 9.42 Å². The number of amides is 1. The summed E-state index contributed by atoms with van der Waals surface area (Å²) in [6.07, 6.45) is 2.84. The van der Waals surface area contributed by atoms with E-state index in [9.17, 15) is 4.79 Å². The van der Waals surface area contributed by atoms with Crippen molar-refractivity contribution >= 4 is 17.5 Å². The van der Waals surface area contributed by atoms with Gasteiger partial charge >= 0.3 is 0 Å². The third kappa shape index (κ3) is 2.99. The van der Waals surface area contributed by atoms with E-state index in [0.717, 1.165) is 24.8 Å². The number of halogens is 1. The minimum Gasteiger partial charge on any atom is -0.337 e. The van der Waals surface area contributed by atoms with E-state index in [1.165, 1.54) is 0 Å². The fourth-order valence-corrected chi connectivity index (χ4v) is 2.88. The molecule has 1 aliphatic heterocycles. The molecule has 2 atom stereocenters. The molecule has 0 bridgehead atoms. The topological polar surface area (TPSA) is 59.2 Å². The Labute approximate surface area is 134 Å². The first-order chi connectivity index (χ1) is 10.7. The molecule has 1 aliphatic rings. The zero-order valence-corrected chi connectivity index (χ0v) is 13.2. The summed E-state index contributed by atoms with van der Waals surface area (Å²) < 4.78 is 5.42. The second-order valence-corrected chi connectivity index (χ2v) is 6.14. The van der Waals surface area contributed by atoms with Crippen LogP contribution in [0.25, 0.3) is 11.4 Å². The molecule has 2 heterocycles. The maximum absolute atomic E-state index is 12.3. The van der Waals surface area contributed by atoms with E-state index in [1.54, 1.807) is 11.8 Å². The van der Waals surface area contributed by atoms with Crippen molar-refractivity contribution in [3.8, 4) is 11.4 Å². The predicted octanol–water partition coefficient (Wildman–Crippen LogP) is 3.42. The van der Waals surface area contributed by atoms with Gasteiger partial charge in [-0.25, -0.2) is 0 Å². The predicted molar refractivity (Wildman–Crippen MR) is 83.4 cm³/mol. The van der Waals surface area contributed by atoms with Gasteiger partial charge in [0.25, 0.3) is 0 Å². The summed E-state index contributed by atoms with van der Waals surface area (Å²) in [4.78, 5) is 18.5. The number of benzene rings is 1. The maximum atomic E-state index is 12.3. The van der Waals surface area contributed by atoms with Crippen LogP contribution in [0.5, 0.6) is 0 Å². The molecule has 2 aromatic rings. The molecule has 1 aromatic carbocycles.